The minimum Gasteiger partial charge on any atom is -0.355 e. The maximum absolute atomic E-state index is 12.4. The number of carbonyl (C=O) groups is 1. The molecule has 3 rings (SSSR count). The van der Waals surface area contributed by atoms with Gasteiger partial charge >= 0.3 is 0 Å². The zero-order valence-corrected chi connectivity index (χ0v) is 14.9. The lowest BCUT2D eigenvalue weighted by molar-refractivity contribution is -0.122. The van der Waals surface area contributed by atoms with Crippen LogP contribution < -0.4 is 9.62 Å². The van der Waals surface area contributed by atoms with E-state index in [0.29, 0.717) is 5.69 Å². The van der Waals surface area contributed by atoms with E-state index in [9.17, 15) is 13.2 Å². The number of nitrogens with zero attached hydrogens (tertiary/aromatic N) is 1. The minimum atomic E-state index is -3.46. The van der Waals surface area contributed by atoms with Gasteiger partial charge in [-0.05, 0) is 30.0 Å². The molecule has 0 heterocycles. The number of amides is 1. The maximum Gasteiger partial charge on any atom is 0.236 e. The van der Waals surface area contributed by atoms with Crippen LogP contribution in [0, 0.1) is 5.92 Å². The van der Waals surface area contributed by atoms with E-state index in [4.69, 9.17) is 0 Å². The molecule has 0 aliphatic heterocycles. The summed E-state index contributed by atoms with van der Waals surface area (Å²) in [6.45, 7) is 0.121. The van der Waals surface area contributed by atoms with Crippen molar-refractivity contribution < 1.29 is 13.2 Å². The highest BCUT2D eigenvalue weighted by Gasteiger charge is 2.43. The molecule has 0 saturated heterocycles. The van der Waals surface area contributed by atoms with E-state index >= 15 is 0 Å². The first kappa shape index (κ1) is 17.5. The van der Waals surface area contributed by atoms with Gasteiger partial charge in [0, 0.05) is 19.5 Å². The van der Waals surface area contributed by atoms with Crippen molar-refractivity contribution in [3.63, 3.8) is 0 Å². The van der Waals surface area contributed by atoms with Crippen LogP contribution in [0.1, 0.15) is 17.9 Å². The van der Waals surface area contributed by atoms with E-state index in [0.717, 1.165) is 6.42 Å². The van der Waals surface area contributed by atoms with Crippen LogP contribution in [0.25, 0.3) is 0 Å². The van der Waals surface area contributed by atoms with Gasteiger partial charge in [0.2, 0.25) is 15.9 Å². The lowest BCUT2D eigenvalue weighted by atomic mass is 10.1. The van der Waals surface area contributed by atoms with Gasteiger partial charge in [-0.3, -0.25) is 9.10 Å². The van der Waals surface area contributed by atoms with Crippen molar-refractivity contribution in [3.8, 4) is 0 Å². The Balaban J connectivity index is 1.49. The number of anilines is 1. The van der Waals surface area contributed by atoms with Crippen LogP contribution in [0.3, 0.4) is 0 Å². The number of sulfonamides is 1. The molecule has 1 aliphatic rings. The first-order chi connectivity index (χ1) is 12.0. The molecule has 25 heavy (non-hydrogen) atoms. The molecule has 1 amide bonds. The van der Waals surface area contributed by atoms with Crippen LogP contribution in [-0.2, 0) is 14.8 Å². The highest BCUT2D eigenvalue weighted by Crippen LogP contribution is 2.47. The van der Waals surface area contributed by atoms with Crippen LogP contribution in [0.5, 0.6) is 0 Å². The number of nitrogens with one attached hydrogen (secondary N) is 1. The lowest BCUT2D eigenvalue weighted by Crippen LogP contribution is -2.36. The van der Waals surface area contributed by atoms with Gasteiger partial charge in [0.25, 0.3) is 0 Å². The number of benzene rings is 2. The molecule has 132 valence electrons. The van der Waals surface area contributed by atoms with Crippen LogP contribution in [0.2, 0.25) is 0 Å². The molecular weight excluding hydrogens is 336 g/mol. The lowest BCUT2D eigenvalue weighted by Gasteiger charge is -2.19. The van der Waals surface area contributed by atoms with E-state index in [2.05, 4.69) is 5.32 Å². The van der Waals surface area contributed by atoms with Gasteiger partial charge in [0.1, 0.15) is 0 Å². The van der Waals surface area contributed by atoms with Gasteiger partial charge in [-0.15, -0.1) is 0 Å². The topological polar surface area (TPSA) is 66.5 Å². The van der Waals surface area contributed by atoms with Crippen molar-refractivity contribution in [2.75, 3.05) is 23.7 Å². The van der Waals surface area contributed by atoms with Gasteiger partial charge in [-0.2, -0.15) is 0 Å². The maximum atomic E-state index is 12.4. The van der Waals surface area contributed by atoms with E-state index in [1.54, 1.807) is 24.3 Å². The van der Waals surface area contributed by atoms with Gasteiger partial charge in [0.15, 0.2) is 0 Å². The molecule has 2 aromatic carbocycles. The molecule has 6 heteroatoms. The second-order valence-electron chi connectivity index (χ2n) is 6.27. The van der Waals surface area contributed by atoms with Crippen LogP contribution >= 0.6 is 0 Å². The van der Waals surface area contributed by atoms with E-state index in [1.165, 1.54) is 16.9 Å². The van der Waals surface area contributed by atoms with Gasteiger partial charge in [0.05, 0.1) is 11.4 Å². The van der Waals surface area contributed by atoms with E-state index < -0.39 is 10.0 Å². The first-order valence-electron chi connectivity index (χ1n) is 8.33. The van der Waals surface area contributed by atoms with Crippen molar-refractivity contribution >= 4 is 21.6 Å². The summed E-state index contributed by atoms with van der Waals surface area (Å²) in [4.78, 5) is 12.2. The van der Waals surface area contributed by atoms with Gasteiger partial charge in [-0.1, -0.05) is 48.5 Å². The molecule has 0 bridgehead atoms. The van der Waals surface area contributed by atoms with Gasteiger partial charge < -0.3 is 5.32 Å². The van der Waals surface area contributed by atoms with Crippen molar-refractivity contribution in [1.29, 1.82) is 0 Å². The smallest absolute Gasteiger partial charge is 0.236 e. The van der Waals surface area contributed by atoms with Crippen LogP contribution in [-0.4, -0.2) is 33.7 Å². The summed E-state index contributed by atoms with van der Waals surface area (Å²) in [5, 5.41) is 2.76. The van der Waals surface area contributed by atoms with Gasteiger partial charge in [-0.25, -0.2) is 8.42 Å². The molecule has 1 saturated carbocycles. The van der Waals surface area contributed by atoms with Crippen LogP contribution in [0.4, 0.5) is 5.69 Å². The third-order valence-electron chi connectivity index (χ3n) is 4.55. The zero-order chi connectivity index (χ0) is 17.9. The molecular formula is C19H22N2O3S. The summed E-state index contributed by atoms with van der Waals surface area (Å²) in [7, 11) is -1.93. The number of hydrogen-bond acceptors (Lipinski definition) is 3. The quantitative estimate of drug-likeness (QED) is 0.826. The molecule has 0 aromatic heterocycles. The summed E-state index contributed by atoms with van der Waals surface area (Å²) in [5.41, 5.74) is 1.78. The summed E-state index contributed by atoms with van der Waals surface area (Å²) >= 11 is 0. The minimum absolute atomic E-state index is 0.0445. The Hall–Kier alpha value is -2.34. The van der Waals surface area contributed by atoms with E-state index in [1.807, 2.05) is 36.4 Å². The molecule has 2 atom stereocenters. The Kier molecular flexibility index (Phi) is 5.08. The monoisotopic (exact) mass is 358 g/mol. The number of carbonyl (C=O) groups excluding carboxylic acids is 1. The summed E-state index contributed by atoms with van der Waals surface area (Å²) in [5.74, 6) is 0.0283. The predicted octanol–water partition coefficient (Wildman–Crippen LogP) is 2.37. The Bertz CT molecular complexity index is 822. The highest BCUT2D eigenvalue weighted by molar-refractivity contribution is 7.92. The Labute approximate surface area is 148 Å². The fourth-order valence-electron chi connectivity index (χ4n) is 2.92. The number of para-hydroxylation sites is 1. The molecule has 0 spiro atoms. The van der Waals surface area contributed by atoms with Crippen molar-refractivity contribution in [1.82, 2.24) is 5.32 Å². The standard InChI is InChI=1S/C19H22N2O3S/c1-21(16-10-6-3-7-11-16)25(23,24)13-12-20-19(22)18-14-17(18)15-8-4-2-5-9-15/h2-11,17-18H,12-14H2,1H3,(H,20,22). The average Bonchev–Trinajstić information content (AvgIpc) is 3.43. The molecule has 0 radical (unpaired) electrons. The molecule has 2 aromatic rings. The molecule has 1 fully saturated rings. The molecule has 2 unspecified atom stereocenters. The SMILES string of the molecule is CN(c1ccccc1)S(=O)(=O)CCNC(=O)C1CC1c1ccccc1. The van der Waals surface area contributed by atoms with E-state index in [-0.39, 0.29) is 30.0 Å². The predicted molar refractivity (Wildman–Crippen MR) is 98.9 cm³/mol. The Morgan fingerprint density at radius 1 is 1.08 bits per heavy atom. The van der Waals surface area contributed by atoms with Crippen molar-refractivity contribution in [3.05, 3.63) is 66.2 Å². The zero-order valence-electron chi connectivity index (χ0n) is 14.1. The second-order valence-corrected chi connectivity index (χ2v) is 8.39. The van der Waals surface area contributed by atoms with Crippen molar-refractivity contribution in [2.45, 2.75) is 12.3 Å². The Morgan fingerprint density at radius 2 is 1.68 bits per heavy atom. The summed E-state index contributed by atoms with van der Waals surface area (Å²) < 4.78 is 26.0. The third-order valence-corrected chi connectivity index (χ3v) is 6.32. The summed E-state index contributed by atoms with van der Waals surface area (Å²) in [6.07, 6.45) is 0.826. The Morgan fingerprint density at radius 3 is 2.32 bits per heavy atom. The highest BCUT2D eigenvalue weighted by atomic mass is 32.2. The second kappa shape index (κ2) is 7.27. The third kappa shape index (κ3) is 4.20. The number of rotatable bonds is 7. The number of hydrogen-bond donors (Lipinski definition) is 1. The fourth-order valence-corrected chi connectivity index (χ4v) is 4.00. The molecule has 1 aliphatic carbocycles. The average molecular weight is 358 g/mol. The molecule has 5 nitrogen and oxygen atoms in total. The largest absolute Gasteiger partial charge is 0.355 e. The normalized spacial score (nSPS) is 19.2. The first-order valence-corrected chi connectivity index (χ1v) is 9.94. The fraction of sp³-hybridized carbons (Fsp3) is 0.316. The molecule has 1 N–H and O–H groups in total. The van der Waals surface area contributed by atoms with Crippen LogP contribution in [0.15, 0.2) is 60.7 Å². The van der Waals surface area contributed by atoms with Crippen molar-refractivity contribution in [2.24, 2.45) is 5.92 Å². The summed E-state index contributed by atoms with van der Waals surface area (Å²) in [6, 6.07) is 18.8.